The van der Waals surface area contributed by atoms with Gasteiger partial charge in [-0.05, 0) is 55.5 Å². The van der Waals surface area contributed by atoms with E-state index in [1.165, 1.54) is 6.26 Å². The van der Waals surface area contributed by atoms with E-state index in [9.17, 15) is 9.59 Å². The second-order valence-corrected chi connectivity index (χ2v) is 8.75. The number of aromatic nitrogens is 1. The van der Waals surface area contributed by atoms with Crippen LogP contribution in [0.2, 0.25) is 0 Å². The van der Waals surface area contributed by atoms with E-state index in [0.717, 1.165) is 28.9 Å². The summed E-state index contributed by atoms with van der Waals surface area (Å²) in [6, 6.07) is 11.0. The molecule has 0 unspecified atom stereocenters. The van der Waals surface area contributed by atoms with Crippen molar-refractivity contribution in [3.63, 3.8) is 0 Å². The van der Waals surface area contributed by atoms with E-state index >= 15 is 0 Å². The summed E-state index contributed by atoms with van der Waals surface area (Å²) < 4.78 is 11.3. The summed E-state index contributed by atoms with van der Waals surface area (Å²) in [6.45, 7) is 7.85. The molecule has 1 amide bonds. The van der Waals surface area contributed by atoms with Crippen LogP contribution in [0.15, 0.2) is 53.3 Å². The van der Waals surface area contributed by atoms with Crippen LogP contribution in [0.3, 0.4) is 0 Å². The number of oxazole rings is 1. The summed E-state index contributed by atoms with van der Waals surface area (Å²) in [4.78, 5) is 31.9. The summed E-state index contributed by atoms with van der Waals surface area (Å²) in [7, 11) is 0. The van der Waals surface area contributed by atoms with Crippen molar-refractivity contribution in [3.8, 4) is 17.2 Å². The minimum absolute atomic E-state index is 0.0489. The van der Waals surface area contributed by atoms with Gasteiger partial charge in [-0.1, -0.05) is 12.1 Å². The van der Waals surface area contributed by atoms with Gasteiger partial charge >= 0.3 is 5.97 Å². The quantitative estimate of drug-likeness (QED) is 0.485. The molecule has 8 nitrogen and oxygen atoms in total. The molecule has 0 saturated heterocycles. The highest BCUT2D eigenvalue weighted by molar-refractivity contribution is 5.97. The standard InChI is InChI=1S/C26H23N3O5/c1-27-18-7-5-16(3-2-4-23(30)31)21(14-18)29-24(32)20-15-26(20)9-11-33-22-8-6-17(13-19(22)26)25-28-10-12-34-25/h5-8,10,12-14,20H,2-4,9,11,15H2,(H,29,32)(H,30,31)/t20-,26-/m0/s1. The van der Waals surface area contributed by atoms with Crippen LogP contribution < -0.4 is 10.1 Å². The van der Waals surface area contributed by atoms with E-state index in [0.29, 0.717) is 43.1 Å². The summed E-state index contributed by atoms with van der Waals surface area (Å²) in [5, 5.41) is 12.0. The van der Waals surface area contributed by atoms with Crippen LogP contribution in [0.25, 0.3) is 16.3 Å². The topological polar surface area (TPSA) is 106 Å². The van der Waals surface area contributed by atoms with E-state index in [-0.39, 0.29) is 23.7 Å². The van der Waals surface area contributed by atoms with Gasteiger partial charge in [-0.3, -0.25) is 9.59 Å². The van der Waals surface area contributed by atoms with Crippen LogP contribution in [-0.2, 0) is 21.4 Å². The van der Waals surface area contributed by atoms with Crippen LogP contribution in [-0.4, -0.2) is 28.6 Å². The number of carboxylic acid groups (broad SMARTS) is 1. The first kappa shape index (κ1) is 21.7. The zero-order valence-electron chi connectivity index (χ0n) is 18.4. The van der Waals surface area contributed by atoms with Crippen molar-refractivity contribution >= 4 is 23.3 Å². The van der Waals surface area contributed by atoms with Gasteiger partial charge in [0.05, 0.1) is 19.4 Å². The third-order valence-corrected chi connectivity index (χ3v) is 6.71. The first-order valence-electron chi connectivity index (χ1n) is 11.2. The molecule has 2 atom stereocenters. The van der Waals surface area contributed by atoms with Gasteiger partial charge in [0.15, 0.2) is 5.69 Å². The maximum absolute atomic E-state index is 13.4. The SMILES string of the molecule is [C-]#[N+]c1ccc(CCCC(=O)O)c(NC(=O)[C@@H]2C[C@]23CCOc2ccc(-c4ncco4)cc23)c1. The van der Waals surface area contributed by atoms with E-state index in [4.69, 9.17) is 20.8 Å². The fourth-order valence-corrected chi connectivity index (χ4v) is 4.86. The molecule has 1 fully saturated rings. The van der Waals surface area contributed by atoms with Crippen LogP contribution >= 0.6 is 0 Å². The number of aryl methyl sites for hydroxylation is 1. The molecule has 1 spiro atoms. The molecule has 1 saturated carbocycles. The average Bonchev–Trinajstić information content (AvgIpc) is 3.28. The van der Waals surface area contributed by atoms with Crippen molar-refractivity contribution in [2.75, 3.05) is 11.9 Å². The second kappa shape index (κ2) is 8.67. The number of carbonyl (C=O) groups is 2. The molecule has 0 radical (unpaired) electrons. The number of nitrogens with one attached hydrogen (secondary N) is 1. The predicted molar refractivity (Wildman–Crippen MR) is 124 cm³/mol. The van der Waals surface area contributed by atoms with Crippen molar-refractivity contribution in [1.82, 2.24) is 4.98 Å². The highest BCUT2D eigenvalue weighted by atomic mass is 16.5. The maximum atomic E-state index is 13.4. The number of hydrogen-bond donors (Lipinski definition) is 2. The number of fused-ring (bicyclic) bond motifs is 2. The van der Waals surface area contributed by atoms with Gasteiger partial charge in [0.1, 0.15) is 12.0 Å². The highest BCUT2D eigenvalue weighted by Gasteiger charge is 2.61. The van der Waals surface area contributed by atoms with Crippen LogP contribution in [0.5, 0.6) is 5.75 Å². The molecule has 1 aromatic heterocycles. The highest BCUT2D eigenvalue weighted by Crippen LogP contribution is 2.61. The van der Waals surface area contributed by atoms with E-state index in [1.54, 1.807) is 24.4 Å². The molecular weight excluding hydrogens is 434 g/mol. The fourth-order valence-electron chi connectivity index (χ4n) is 4.86. The largest absolute Gasteiger partial charge is 0.493 e. The summed E-state index contributed by atoms with van der Waals surface area (Å²) in [5.74, 6) is 0.119. The zero-order chi connectivity index (χ0) is 23.7. The summed E-state index contributed by atoms with van der Waals surface area (Å²) >= 11 is 0. The van der Waals surface area contributed by atoms with Crippen LogP contribution in [0.1, 0.15) is 36.8 Å². The van der Waals surface area contributed by atoms with Crippen molar-refractivity contribution in [1.29, 1.82) is 0 Å². The van der Waals surface area contributed by atoms with Crippen molar-refractivity contribution in [3.05, 3.63) is 71.4 Å². The Bertz CT molecular complexity index is 1290. The lowest BCUT2D eigenvalue weighted by Gasteiger charge is -2.27. The number of aliphatic carboxylic acids is 1. The normalized spacial score (nSPS) is 20.1. The number of benzene rings is 2. The molecule has 5 rings (SSSR count). The van der Waals surface area contributed by atoms with E-state index in [1.807, 2.05) is 18.2 Å². The molecule has 2 aromatic carbocycles. The Kier molecular flexibility index (Phi) is 5.54. The number of ether oxygens (including phenoxy) is 1. The number of anilines is 1. The summed E-state index contributed by atoms with van der Waals surface area (Å²) in [6.07, 6.45) is 5.58. The molecule has 3 aromatic rings. The first-order chi connectivity index (χ1) is 16.5. The van der Waals surface area contributed by atoms with Crippen LogP contribution in [0, 0.1) is 12.5 Å². The third-order valence-electron chi connectivity index (χ3n) is 6.71. The van der Waals surface area contributed by atoms with Crippen molar-refractivity contribution < 1.29 is 23.8 Å². The van der Waals surface area contributed by atoms with Gasteiger partial charge < -0.3 is 19.6 Å². The Hall–Kier alpha value is -4.12. The zero-order valence-corrected chi connectivity index (χ0v) is 18.4. The Morgan fingerprint density at radius 2 is 2.15 bits per heavy atom. The number of rotatable bonds is 7. The van der Waals surface area contributed by atoms with Crippen molar-refractivity contribution in [2.24, 2.45) is 5.92 Å². The lowest BCUT2D eigenvalue weighted by molar-refractivity contribution is -0.137. The van der Waals surface area contributed by atoms with Gasteiger partial charge in [-0.15, -0.1) is 0 Å². The van der Waals surface area contributed by atoms with Crippen molar-refractivity contribution in [2.45, 2.75) is 37.5 Å². The van der Waals surface area contributed by atoms with Gasteiger partial charge in [0.2, 0.25) is 11.8 Å². The number of carboxylic acids is 1. The number of hydrogen-bond acceptors (Lipinski definition) is 5. The van der Waals surface area contributed by atoms with Gasteiger partial charge in [0.25, 0.3) is 0 Å². The fraction of sp³-hybridized carbons (Fsp3) is 0.308. The molecule has 1 aliphatic carbocycles. The Morgan fingerprint density at radius 1 is 1.26 bits per heavy atom. The van der Waals surface area contributed by atoms with Crippen LogP contribution in [0.4, 0.5) is 11.4 Å². The molecular formula is C26H23N3O5. The smallest absolute Gasteiger partial charge is 0.303 e. The van der Waals surface area contributed by atoms with E-state index < -0.39 is 5.97 Å². The molecule has 34 heavy (non-hydrogen) atoms. The molecule has 172 valence electrons. The molecule has 1 aliphatic heterocycles. The lowest BCUT2D eigenvalue weighted by Crippen LogP contribution is -2.27. The van der Waals surface area contributed by atoms with Gasteiger partial charge in [0, 0.05) is 34.6 Å². The maximum Gasteiger partial charge on any atom is 0.303 e. The minimum Gasteiger partial charge on any atom is -0.493 e. The predicted octanol–water partition coefficient (Wildman–Crippen LogP) is 4.98. The monoisotopic (exact) mass is 457 g/mol. The van der Waals surface area contributed by atoms with E-state index in [2.05, 4.69) is 15.1 Å². The second-order valence-electron chi connectivity index (χ2n) is 8.75. The number of carbonyl (C=O) groups excluding carboxylic acids is 1. The third kappa shape index (κ3) is 4.01. The molecule has 8 heteroatoms. The first-order valence-corrected chi connectivity index (χ1v) is 11.2. The molecule has 0 bridgehead atoms. The number of nitrogens with zero attached hydrogens (tertiary/aromatic N) is 2. The van der Waals surface area contributed by atoms with Gasteiger partial charge in [-0.25, -0.2) is 9.83 Å². The number of amides is 1. The molecule has 2 heterocycles. The minimum atomic E-state index is -0.856. The van der Waals surface area contributed by atoms with Gasteiger partial charge in [-0.2, -0.15) is 0 Å². The molecule has 2 aliphatic rings. The Labute approximate surface area is 196 Å². The Morgan fingerprint density at radius 3 is 2.91 bits per heavy atom. The lowest BCUT2D eigenvalue weighted by atomic mass is 9.86. The average molecular weight is 457 g/mol. The summed E-state index contributed by atoms with van der Waals surface area (Å²) in [5.41, 5.74) is 3.36. The Balaban J connectivity index is 1.38. The molecule has 2 N–H and O–H groups in total.